The number of carbonyl (C=O) groups is 2. The maximum Gasteiger partial charge on any atom is 0.299 e. The molecule has 2 heterocycles. The van der Waals surface area contributed by atoms with E-state index in [4.69, 9.17) is 11.6 Å². The number of aromatic nitrogens is 2. The van der Waals surface area contributed by atoms with Crippen molar-refractivity contribution in [2.24, 2.45) is 7.05 Å². The van der Waals surface area contributed by atoms with Crippen molar-refractivity contribution in [3.05, 3.63) is 46.0 Å². The minimum atomic E-state index is -0.516. The Balaban J connectivity index is 2.09. The number of ketones is 1. The topological polar surface area (TPSA) is 55.2 Å². The molecule has 108 valence electrons. The predicted molar refractivity (Wildman–Crippen MR) is 79.7 cm³/mol. The van der Waals surface area contributed by atoms with Crippen molar-refractivity contribution >= 4 is 29.0 Å². The van der Waals surface area contributed by atoms with Crippen LogP contribution in [0.5, 0.6) is 0 Å². The van der Waals surface area contributed by atoms with Crippen LogP contribution >= 0.6 is 11.6 Å². The van der Waals surface area contributed by atoms with E-state index in [1.807, 2.05) is 19.9 Å². The van der Waals surface area contributed by atoms with E-state index < -0.39 is 11.7 Å². The first-order chi connectivity index (χ1) is 9.91. The van der Waals surface area contributed by atoms with Crippen LogP contribution in [0.1, 0.15) is 27.3 Å². The van der Waals surface area contributed by atoms with Gasteiger partial charge in [-0.1, -0.05) is 17.7 Å². The Labute approximate surface area is 127 Å². The van der Waals surface area contributed by atoms with Gasteiger partial charge in [-0.2, -0.15) is 0 Å². The molecule has 21 heavy (non-hydrogen) atoms. The minimum Gasteiger partial charge on any atom is -0.321 e. The van der Waals surface area contributed by atoms with E-state index in [0.29, 0.717) is 22.2 Å². The third-order valence-corrected chi connectivity index (χ3v) is 4.33. The minimum absolute atomic E-state index is 0.227. The van der Waals surface area contributed by atoms with E-state index in [9.17, 15) is 9.59 Å². The number of fused-ring (bicyclic) bond motifs is 1. The standard InChI is InChI=1S/C15H14ClN3O2/c1-8-4-5-10-13(9(8)2)19(15(21)14(10)20)7-12-17-6-11(16)18(12)3/h4-6H,7H2,1-3H3. The number of Topliss-reactive ketones (excluding diaryl/α,β-unsaturated/α-hetero) is 1. The molecule has 0 saturated heterocycles. The molecule has 0 unspecified atom stereocenters. The van der Waals surface area contributed by atoms with Crippen LogP contribution < -0.4 is 4.90 Å². The average molecular weight is 304 g/mol. The maximum absolute atomic E-state index is 12.3. The molecule has 1 aromatic carbocycles. The molecule has 2 aromatic rings. The summed E-state index contributed by atoms with van der Waals surface area (Å²) in [5.74, 6) is -0.346. The van der Waals surface area contributed by atoms with Gasteiger partial charge in [-0.15, -0.1) is 0 Å². The number of hydrogen-bond acceptors (Lipinski definition) is 3. The van der Waals surface area contributed by atoms with Gasteiger partial charge < -0.3 is 4.57 Å². The number of carbonyl (C=O) groups excluding carboxylic acids is 2. The number of aryl methyl sites for hydroxylation is 1. The average Bonchev–Trinajstić information content (AvgIpc) is 2.89. The van der Waals surface area contributed by atoms with Crippen LogP contribution in [0.2, 0.25) is 5.15 Å². The Kier molecular flexibility index (Phi) is 3.10. The fourth-order valence-corrected chi connectivity index (χ4v) is 2.68. The molecule has 6 heteroatoms. The first kappa shape index (κ1) is 13.8. The van der Waals surface area contributed by atoms with Crippen LogP contribution in [-0.4, -0.2) is 21.2 Å². The normalized spacial score (nSPS) is 14.0. The molecule has 0 saturated carbocycles. The van der Waals surface area contributed by atoms with E-state index in [0.717, 1.165) is 11.1 Å². The number of hydrogen-bond donors (Lipinski definition) is 0. The van der Waals surface area contributed by atoms with E-state index in [1.165, 1.54) is 11.1 Å². The van der Waals surface area contributed by atoms with Crippen LogP contribution in [0.4, 0.5) is 5.69 Å². The number of anilines is 1. The maximum atomic E-state index is 12.3. The van der Waals surface area contributed by atoms with Gasteiger partial charge in [0, 0.05) is 7.05 Å². The lowest BCUT2D eigenvalue weighted by Gasteiger charge is -2.19. The largest absolute Gasteiger partial charge is 0.321 e. The van der Waals surface area contributed by atoms with Gasteiger partial charge in [-0.25, -0.2) is 4.98 Å². The molecule has 0 fully saturated rings. The number of amides is 1. The Morgan fingerprint density at radius 2 is 1.95 bits per heavy atom. The molecule has 0 aliphatic carbocycles. The van der Waals surface area contributed by atoms with Crippen molar-refractivity contribution in [2.75, 3.05) is 4.90 Å². The molecule has 0 radical (unpaired) electrons. The smallest absolute Gasteiger partial charge is 0.299 e. The summed E-state index contributed by atoms with van der Waals surface area (Å²) in [6, 6.07) is 3.57. The van der Waals surface area contributed by atoms with Gasteiger partial charge in [0.1, 0.15) is 11.0 Å². The van der Waals surface area contributed by atoms with Crippen molar-refractivity contribution in [1.29, 1.82) is 0 Å². The summed E-state index contributed by atoms with van der Waals surface area (Å²) in [5, 5.41) is 0.490. The van der Waals surface area contributed by atoms with E-state index in [2.05, 4.69) is 4.98 Å². The van der Waals surface area contributed by atoms with Gasteiger partial charge in [-0.05, 0) is 31.0 Å². The van der Waals surface area contributed by atoms with Gasteiger partial charge in [0.25, 0.3) is 11.7 Å². The number of nitrogens with zero attached hydrogens (tertiary/aromatic N) is 3. The fraction of sp³-hybridized carbons (Fsp3) is 0.267. The van der Waals surface area contributed by atoms with Gasteiger partial charge in [0.05, 0.1) is 24.0 Å². The SMILES string of the molecule is Cc1ccc2c(c1C)N(Cc1ncc(Cl)n1C)C(=O)C2=O. The Morgan fingerprint density at radius 3 is 2.57 bits per heavy atom. The summed E-state index contributed by atoms with van der Waals surface area (Å²) < 4.78 is 1.70. The molecule has 0 spiro atoms. The Hall–Kier alpha value is -2.14. The lowest BCUT2D eigenvalue weighted by Crippen LogP contribution is -2.30. The second-order valence-corrected chi connectivity index (χ2v) is 5.57. The van der Waals surface area contributed by atoms with Crippen molar-refractivity contribution in [3.8, 4) is 0 Å². The Morgan fingerprint density at radius 1 is 1.24 bits per heavy atom. The highest BCUT2D eigenvalue weighted by molar-refractivity contribution is 6.52. The third-order valence-electron chi connectivity index (χ3n) is 3.98. The highest BCUT2D eigenvalue weighted by Crippen LogP contribution is 2.35. The van der Waals surface area contributed by atoms with Crippen molar-refractivity contribution in [3.63, 3.8) is 0 Å². The molecule has 0 bridgehead atoms. The highest BCUT2D eigenvalue weighted by atomic mass is 35.5. The molecular weight excluding hydrogens is 290 g/mol. The summed E-state index contributed by atoms with van der Waals surface area (Å²) in [6.45, 7) is 4.10. The third kappa shape index (κ3) is 1.96. The Bertz CT molecular complexity index is 779. The van der Waals surface area contributed by atoms with Crippen molar-refractivity contribution < 1.29 is 9.59 Å². The van der Waals surface area contributed by atoms with E-state index in [1.54, 1.807) is 17.7 Å². The summed E-state index contributed by atoms with van der Waals surface area (Å²) >= 11 is 5.97. The second-order valence-electron chi connectivity index (χ2n) is 5.18. The zero-order valence-electron chi connectivity index (χ0n) is 12.0. The van der Waals surface area contributed by atoms with Gasteiger partial charge >= 0.3 is 0 Å². The van der Waals surface area contributed by atoms with Gasteiger partial charge in [0.15, 0.2) is 0 Å². The fourth-order valence-electron chi connectivity index (χ4n) is 2.53. The summed E-state index contributed by atoms with van der Waals surface area (Å²) in [4.78, 5) is 30.0. The molecule has 1 aliphatic rings. The lowest BCUT2D eigenvalue weighted by atomic mass is 10.0. The van der Waals surface area contributed by atoms with Crippen LogP contribution in [0.3, 0.4) is 0 Å². The first-order valence-electron chi connectivity index (χ1n) is 6.54. The molecule has 1 aromatic heterocycles. The molecule has 1 aliphatic heterocycles. The van der Waals surface area contributed by atoms with Crippen LogP contribution in [0, 0.1) is 13.8 Å². The highest BCUT2D eigenvalue weighted by Gasteiger charge is 2.37. The summed E-state index contributed by atoms with van der Waals surface area (Å²) in [6.07, 6.45) is 1.53. The van der Waals surface area contributed by atoms with E-state index >= 15 is 0 Å². The number of rotatable bonds is 2. The number of benzene rings is 1. The molecule has 3 rings (SSSR count). The second kappa shape index (κ2) is 4.70. The van der Waals surface area contributed by atoms with Crippen LogP contribution in [-0.2, 0) is 18.4 Å². The lowest BCUT2D eigenvalue weighted by molar-refractivity contribution is -0.114. The van der Waals surface area contributed by atoms with Crippen molar-refractivity contribution in [1.82, 2.24) is 9.55 Å². The summed E-state index contributed by atoms with van der Waals surface area (Å²) in [7, 11) is 1.77. The quantitative estimate of drug-likeness (QED) is 0.801. The van der Waals surface area contributed by atoms with Gasteiger partial charge in [0.2, 0.25) is 0 Å². The summed E-state index contributed by atoms with van der Waals surface area (Å²) in [5.41, 5.74) is 3.12. The monoisotopic (exact) mass is 303 g/mol. The number of imidazole rings is 1. The van der Waals surface area contributed by atoms with Gasteiger partial charge in [-0.3, -0.25) is 14.5 Å². The molecule has 0 N–H and O–H groups in total. The molecular formula is C15H14ClN3O2. The first-order valence-corrected chi connectivity index (χ1v) is 6.92. The zero-order chi connectivity index (χ0) is 15.3. The van der Waals surface area contributed by atoms with E-state index in [-0.39, 0.29) is 6.54 Å². The molecule has 5 nitrogen and oxygen atoms in total. The van der Waals surface area contributed by atoms with Crippen LogP contribution in [0.15, 0.2) is 18.3 Å². The zero-order valence-corrected chi connectivity index (χ0v) is 12.7. The van der Waals surface area contributed by atoms with Crippen molar-refractivity contribution in [2.45, 2.75) is 20.4 Å². The number of halogens is 1. The molecule has 0 atom stereocenters. The van der Waals surface area contributed by atoms with Crippen LogP contribution in [0.25, 0.3) is 0 Å². The predicted octanol–water partition coefficient (Wildman–Crippen LogP) is 2.42. The molecule has 1 amide bonds.